The van der Waals surface area contributed by atoms with Crippen molar-refractivity contribution in [1.82, 2.24) is 0 Å². The van der Waals surface area contributed by atoms with Crippen molar-refractivity contribution in [2.75, 3.05) is 0 Å². The van der Waals surface area contributed by atoms with Crippen molar-refractivity contribution in [3.05, 3.63) is 250 Å². The number of hydrogen-bond donors (Lipinski definition) is 0. The Hall–Kier alpha value is -5.62. The zero-order valence-electron chi connectivity index (χ0n) is 54.7. The Kier molecular flexibility index (Phi) is 17.5. The second-order valence-electron chi connectivity index (χ2n) is 30.0. The van der Waals surface area contributed by atoms with Crippen LogP contribution >= 0.6 is 0 Å². The van der Waals surface area contributed by atoms with E-state index in [4.69, 9.17) is 19.6 Å². The summed E-state index contributed by atoms with van der Waals surface area (Å²) >= 11 is 0. The second-order valence-corrected chi connectivity index (χ2v) is 30.0. The summed E-state index contributed by atoms with van der Waals surface area (Å²) in [6.07, 6.45) is 0. The van der Waals surface area contributed by atoms with E-state index < -0.39 is 71.1 Å². The first-order chi connectivity index (χ1) is 37.9. The lowest BCUT2D eigenvalue weighted by Crippen LogP contribution is -2.74. The minimum Gasteiger partial charge on any atom is -0.230 e. The molecule has 2 unspecified atom stereocenters. The lowest BCUT2D eigenvalue weighted by molar-refractivity contribution is -0.450. The molecule has 0 heterocycles. The van der Waals surface area contributed by atoms with E-state index in [1.165, 1.54) is 33.4 Å². The Morgan fingerprint density at radius 2 is 0.415 bits per heavy atom. The van der Waals surface area contributed by atoms with Gasteiger partial charge in [-0.15, -0.1) is 0 Å². The molecule has 82 heavy (non-hydrogen) atoms. The van der Waals surface area contributed by atoms with Crippen molar-refractivity contribution in [2.45, 2.75) is 220 Å². The molecule has 0 saturated carbocycles. The lowest BCUT2D eigenvalue weighted by atomic mass is 9.32. The summed E-state index contributed by atoms with van der Waals surface area (Å²) in [7, 11) is 0. The molecule has 4 nitrogen and oxygen atoms in total. The van der Waals surface area contributed by atoms with Gasteiger partial charge in [0, 0.05) is 43.3 Å². The minimum atomic E-state index is -1.44. The Balaban J connectivity index is 1.94. The Bertz CT molecular complexity index is 2940. The fourth-order valence-corrected chi connectivity index (χ4v) is 17.8. The third-order valence-corrected chi connectivity index (χ3v) is 19.8. The van der Waals surface area contributed by atoms with Crippen molar-refractivity contribution in [3.8, 4) is 0 Å². The van der Waals surface area contributed by atoms with Crippen molar-refractivity contribution >= 4 is 0 Å². The zero-order valence-corrected chi connectivity index (χ0v) is 54.7. The largest absolute Gasteiger partial charge is 0.230 e. The number of rotatable bonds is 20. The Labute approximate surface area is 497 Å². The molecule has 4 heteroatoms. The van der Waals surface area contributed by atoms with Gasteiger partial charge in [-0.2, -0.15) is 0 Å². The van der Waals surface area contributed by atoms with Gasteiger partial charge in [-0.1, -0.05) is 304 Å². The van der Waals surface area contributed by atoms with Crippen molar-refractivity contribution in [2.24, 2.45) is 10.8 Å². The molecule has 0 aliphatic heterocycles. The molecule has 7 aromatic carbocycles. The van der Waals surface area contributed by atoms with E-state index >= 15 is 0 Å². The molecule has 0 spiro atoms. The smallest absolute Gasteiger partial charge is 0.134 e. The van der Waals surface area contributed by atoms with E-state index in [-0.39, 0.29) is 0 Å². The van der Waals surface area contributed by atoms with E-state index in [9.17, 15) is 0 Å². The van der Waals surface area contributed by atoms with Crippen LogP contribution in [-0.4, -0.2) is 11.2 Å². The van der Waals surface area contributed by atoms with E-state index in [0.29, 0.717) is 0 Å². The van der Waals surface area contributed by atoms with Gasteiger partial charge in [0.05, 0.1) is 11.2 Å². The van der Waals surface area contributed by atoms with Crippen LogP contribution in [0.3, 0.4) is 0 Å². The van der Waals surface area contributed by atoms with E-state index in [2.05, 4.69) is 359 Å². The Morgan fingerprint density at radius 1 is 0.207 bits per heavy atom. The van der Waals surface area contributed by atoms with Crippen LogP contribution < -0.4 is 0 Å². The SMILES string of the molecule is CC(C)(C)OOC(C)(c1cccc(C(C)(C)C)c1C(C)(OOC(C)(C)C)C(C(C)(C)c1ccccc1)(C(C)(C)c1ccccc1)C(C)(C)c1ccccc1)C(C(C)(C)c1ccccc1)(C(C)(C)c1ccccc1)C(C)(C)c1ccccc1. The molecule has 0 aliphatic carbocycles. The van der Waals surface area contributed by atoms with Crippen LogP contribution in [0.5, 0.6) is 0 Å². The average Bonchev–Trinajstić information content (AvgIpc) is 0.785. The van der Waals surface area contributed by atoms with Gasteiger partial charge in [-0.05, 0) is 111 Å². The molecule has 0 bridgehead atoms. The summed E-state index contributed by atoms with van der Waals surface area (Å²) in [5, 5.41) is 0. The van der Waals surface area contributed by atoms with Crippen molar-refractivity contribution < 1.29 is 19.6 Å². The molecule has 438 valence electrons. The minimum absolute atomic E-state index is 0.499. The predicted octanol–water partition coefficient (Wildman–Crippen LogP) is 20.7. The normalized spacial score (nSPS) is 15.4. The van der Waals surface area contributed by atoms with Crippen LogP contribution in [0.15, 0.2) is 200 Å². The fourth-order valence-electron chi connectivity index (χ4n) is 17.8. The van der Waals surface area contributed by atoms with Crippen LogP contribution in [0.4, 0.5) is 0 Å². The van der Waals surface area contributed by atoms with Crippen molar-refractivity contribution in [3.63, 3.8) is 0 Å². The van der Waals surface area contributed by atoms with Crippen LogP contribution in [0, 0.1) is 10.8 Å². The summed E-state index contributed by atoms with van der Waals surface area (Å²) in [6, 6.07) is 73.9. The standard InChI is InChI=1S/C78H102O4/c1-66(2,3)63-55-42-56-64(75(22,81-79-67(4,5)6)77(69(10,11)57-43-30-24-31-44-57,70(12,13)58-45-32-25-33-46-58)71(14,15)59-47-34-26-35-48-59)65(63)76(23,82-80-68(7,8)9)78(72(16,17)60-49-36-27-37-50-60,73(18,19)61-51-38-28-39-52-61)74(20,21)62-53-40-29-41-54-62/h24-56H,1-23H3. The van der Waals surface area contributed by atoms with E-state index in [1.54, 1.807) is 0 Å². The molecule has 0 aromatic heterocycles. The zero-order chi connectivity index (χ0) is 60.9. The summed E-state index contributed by atoms with van der Waals surface area (Å²) in [4.78, 5) is 31.0. The quantitative estimate of drug-likeness (QED) is 0.0563. The van der Waals surface area contributed by atoms with Gasteiger partial charge >= 0.3 is 0 Å². The average molecular weight is 1100 g/mol. The van der Waals surface area contributed by atoms with Crippen molar-refractivity contribution in [1.29, 1.82) is 0 Å². The molecule has 7 rings (SSSR count). The third kappa shape index (κ3) is 10.4. The third-order valence-electron chi connectivity index (χ3n) is 19.8. The van der Waals surface area contributed by atoms with Crippen LogP contribution in [0.25, 0.3) is 0 Å². The topological polar surface area (TPSA) is 36.9 Å². The first-order valence-corrected chi connectivity index (χ1v) is 30.1. The molecule has 0 amide bonds. The monoisotopic (exact) mass is 1100 g/mol. The lowest BCUT2D eigenvalue weighted by Gasteiger charge is -2.72. The van der Waals surface area contributed by atoms with Crippen LogP contribution in [-0.2, 0) is 68.7 Å². The molecule has 0 radical (unpaired) electrons. The first-order valence-electron chi connectivity index (χ1n) is 30.1. The fraction of sp³-hybridized carbons (Fsp3) is 0.462. The van der Waals surface area contributed by atoms with E-state index in [0.717, 1.165) is 16.7 Å². The summed E-state index contributed by atoms with van der Waals surface area (Å²) in [5.74, 6) is 0. The predicted molar refractivity (Wildman–Crippen MR) is 345 cm³/mol. The summed E-state index contributed by atoms with van der Waals surface area (Å²) in [5.41, 5.74) is -1.51. The first kappa shape index (κ1) is 64.0. The molecule has 7 aromatic rings. The molecular weight excluding hydrogens is 1000 g/mol. The molecule has 2 atom stereocenters. The van der Waals surface area contributed by atoms with Gasteiger partial charge < -0.3 is 0 Å². The number of hydrogen-bond acceptors (Lipinski definition) is 4. The van der Waals surface area contributed by atoms with Gasteiger partial charge in [0.2, 0.25) is 0 Å². The number of benzene rings is 7. The van der Waals surface area contributed by atoms with Crippen LogP contribution in [0.1, 0.15) is 209 Å². The van der Waals surface area contributed by atoms with E-state index in [1.807, 2.05) is 0 Å². The summed E-state index contributed by atoms with van der Waals surface area (Å²) < 4.78 is 0. The Morgan fingerprint density at radius 3 is 0.634 bits per heavy atom. The van der Waals surface area contributed by atoms with Crippen LogP contribution in [0.2, 0.25) is 0 Å². The highest BCUT2D eigenvalue weighted by atomic mass is 17.2. The molecule has 0 N–H and O–H groups in total. The maximum absolute atomic E-state index is 8.21. The molecule has 0 aliphatic rings. The molecule has 0 saturated heterocycles. The summed E-state index contributed by atoms with van der Waals surface area (Å²) in [6.45, 7) is 53.9. The second kappa shape index (κ2) is 22.4. The maximum Gasteiger partial charge on any atom is 0.134 e. The van der Waals surface area contributed by atoms with Gasteiger partial charge in [-0.25, -0.2) is 19.6 Å². The molecule has 0 fully saturated rings. The van der Waals surface area contributed by atoms with Gasteiger partial charge in [0.15, 0.2) is 0 Å². The highest BCUT2D eigenvalue weighted by molar-refractivity contribution is 5.57. The highest BCUT2D eigenvalue weighted by Crippen LogP contribution is 2.76. The molecular formula is C78H102O4. The maximum atomic E-state index is 8.21. The highest BCUT2D eigenvalue weighted by Gasteiger charge is 2.78. The van der Waals surface area contributed by atoms with Gasteiger partial charge in [-0.3, -0.25) is 0 Å². The van der Waals surface area contributed by atoms with Gasteiger partial charge in [0.25, 0.3) is 0 Å². The van der Waals surface area contributed by atoms with Gasteiger partial charge in [0.1, 0.15) is 11.2 Å².